The van der Waals surface area contributed by atoms with Crippen molar-refractivity contribution in [1.82, 2.24) is 15.5 Å². The Morgan fingerprint density at radius 2 is 1.95 bits per heavy atom. The summed E-state index contributed by atoms with van der Waals surface area (Å²) in [5, 5.41) is 5.11. The highest BCUT2D eigenvalue weighted by atomic mass is 19.1. The second-order valence-electron chi connectivity index (χ2n) is 5.59. The van der Waals surface area contributed by atoms with Crippen molar-refractivity contribution in [3.05, 3.63) is 35.6 Å². The van der Waals surface area contributed by atoms with Gasteiger partial charge in [-0.15, -0.1) is 0 Å². The fraction of sp³-hybridized carbons (Fsp3) is 0.400. The van der Waals surface area contributed by atoms with Gasteiger partial charge in [0.25, 0.3) is 0 Å². The molecule has 1 aromatic rings. The van der Waals surface area contributed by atoms with Crippen LogP contribution in [0.3, 0.4) is 0 Å². The number of hydrogen-bond donors (Lipinski definition) is 2. The first-order valence-electron chi connectivity index (χ1n) is 6.95. The molecule has 1 fully saturated rings. The van der Waals surface area contributed by atoms with Crippen LogP contribution in [0.1, 0.15) is 19.4 Å². The molecule has 0 spiro atoms. The van der Waals surface area contributed by atoms with Crippen molar-refractivity contribution in [2.45, 2.75) is 19.3 Å². The summed E-state index contributed by atoms with van der Waals surface area (Å²) in [5.74, 6) is -0.929. The molecule has 0 aliphatic carbocycles. The van der Waals surface area contributed by atoms with Crippen LogP contribution in [0.15, 0.2) is 24.3 Å². The van der Waals surface area contributed by atoms with E-state index in [1.807, 2.05) is 0 Å². The van der Waals surface area contributed by atoms with E-state index in [0.717, 1.165) is 4.90 Å². The van der Waals surface area contributed by atoms with E-state index < -0.39 is 11.4 Å². The van der Waals surface area contributed by atoms with E-state index in [9.17, 15) is 18.8 Å². The molecule has 118 valence electrons. The number of rotatable bonds is 5. The van der Waals surface area contributed by atoms with Crippen molar-refractivity contribution in [2.24, 2.45) is 0 Å². The molecule has 4 amide bonds. The van der Waals surface area contributed by atoms with E-state index in [1.165, 1.54) is 12.1 Å². The summed E-state index contributed by atoms with van der Waals surface area (Å²) in [5.41, 5.74) is -0.160. The maximum absolute atomic E-state index is 12.9. The van der Waals surface area contributed by atoms with E-state index in [1.54, 1.807) is 26.0 Å². The van der Waals surface area contributed by atoms with Gasteiger partial charge < -0.3 is 10.6 Å². The molecule has 1 heterocycles. The summed E-state index contributed by atoms with van der Waals surface area (Å²) >= 11 is 0. The Kier molecular flexibility index (Phi) is 4.44. The van der Waals surface area contributed by atoms with Crippen molar-refractivity contribution < 1.29 is 18.8 Å². The molecule has 1 saturated heterocycles. The lowest BCUT2D eigenvalue weighted by molar-refractivity contribution is -0.127. The zero-order valence-electron chi connectivity index (χ0n) is 12.5. The molecule has 0 saturated carbocycles. The van der Waals surface area contributed by atoms with Crippen LogP contribution in [0.5, 0.6) is 0 Å². The van der Waals surface area contributed by atoms with Crippen LogP contribution in [-0.2, 0) is 15.0 Å². The second-order valence-corrected chi connectivity index (χ2v) is 5.59. The molecular weight excluding hydrogens is 289 g/mol. The molecule has 6 nitrogen and oxygen atoms in total. The number of amides is 4. The normalized spacial score (nSPS) is 15.0. The summed E-state index contributed by atoms with van der Waals surface area (Å²) in [6.07, 6.45) is 0. The first-order valence-corrected chi connectivity index (χ1v) is 6.95. The highest BCUT2D eigenvalue weighted by Crippen LogP contribution is 2.23. The number of halogens is 1. The fourth-order valence-electron chi connectivity index (χ4n) is 2.18. The third-order valence-electron chi connectivity index (χ3n) is 3.69. The Balaban J connectivity index is 1.92. The minimum atomic E-state index is -0.842. The van der Waals surface area contributed by atoms with Gasteiger partial charge in [-0.3, -0.25) is 14.5 Å². The number of nitrogens with zero attached hydrogens (tertiary/aromatic N) is 1. The van der Waals surface area contributed by atoms with Gasteiger partial charge in [0.05, 0.1) is 12.0 Å². The second kappa shape index (κ2) is 6.13. The summed E-state index contributed by atoms with van der Waals surface area (Å²) in [6, 6.07) is 5.28. The first kappa shape index (κ1) is 15.9. The lowest BCUT2D eigenvalue weighted by Crippen LogP contribution is -2.44. The van der Waals surface area contributed by atoms with Crippen LogP contribution in [0.25, 0.3) is 0 Å². The number of urea groups is 1. The Hall–Kier alpha value is -2.44. The molecule has 0 atom stereocenters. The molecule has 0 unspecified atom stereocenters. The van der Waals surface area contributed by atoms with E-state index in [-0.39, 0.29) is 37.3 Å². The zero-order chi connectivity index (χ0) is 16.3. The predicted molar refractivity (Wildman–Crippen MR) is 77.5 cm³/mol. The number of imide groups is 1. The number of nitrogens with one attached hydrogen (secondary N) is 2. The third-order valence-corrected chi connectivity index (χ3v) is 3.69. The maximum atomic E-state index is 12.9. The van der Waals surface area contributed by atoms with Crippen LogP contribution in [-0.4, -0.2) is 42.4 Å². The minimum absolute atomic E-state index is 0.00610. The molecule has 0 aromatic heterocycles. The van der Waals surface area contributed by atoms with Gasteiger partial charge in [-0.2, -0.15) is 0 Å². The van der Waals surface area contributed by atoms with E-state index in [4.69, 9.17) is 0 Å². The van der Waals surface area contributed by atoms with Gasteiger partial charge in [0.1, 0.15) is 5.82 Å². The SMILES string of the molecule is CC(C)(C(=O)NCCN1C(=O)CNC1=O)c1ccc(F)cc1. The van der Waals surface area contributed by atoms with Crippen LogP contribution >= 0.6 is 0 Å². The Labute approximate surface area is 127 Å². The molecule has 2 rings (SSSR count). The number of carbonyl (C=O) groups excluding carboxylic acids is 3. The van der Waals surface area contributed by atoms with Gasteiger partial charge in [0.15, 0.2) is 0 Å². The van der Waals surface area contributed by atoms with Gasteiger partial charge in [-0.25, -0.2) is 9.18 Å². The predicted octanol–water partition coefficient (Wildman–Crippen LogP) is 0.771. The van der Waals surface area contributed by atoms with Gasteiger partial charge in [-0.05, 0) is 31.5 Å². The molecule has 1 aliphatic rings. The molecule has 1 aromatic carbocycles. The van der Waals surface area contributed by atoms with Crippen LogP contribution in [0.4, 0.5) is 9.18 Å². The van der Waals surface area contributed by atoms with E-state index in [2.05, 4.69) is 10.6 Å². The van der Waals surface area contributed by atoms with Crippen molar-refractivity contribution in [2.75, 3.05) is 19.6 Å². The lowest BCUT2D eigenvalue weighted by atomic mass is 9.84. The molecule has 0 radical (unpaired) electrons. The van der Waals surface area contributed by atoms with Gasteiger partial charge in [0.2, 0.25) is 11.8 Å². The average Bonchev–Trinajstić information content (AvgIpc) is 2.79. The largest absolute Gasteiger partial charge is 0.354 e. The third kappa shape index (κ3) is 3.24. The van der Waals surface area contributed by atoms with E-state index in [0.29, 0.717) is 5.56 Å². The average molecular weight is 307 g/mol. The summed E-state index contributed by atoms with van der Waals surface area (Å²) in [7, 11) is 0. The van der Waals surface area contributed by atoms with Crippen LogP contribution < -0.4 is 10.6 Å². The molecule has 7 heteroatoms. The Morgan fingerprint density at radius 3 is 2.50 bits per heavy atom. The monoisotopic (exact) mass is 307 g/mol. The number of benzene rings is 1. The van der Waals surface area contributed by atoms with Crippen molar-refractivity contribution >= 4 is 17.8 Å². The molecule has 1 aliphatic heterocycles. The summed E-state index contributed by atoms with van der Waals surface area (Å²) in [4.78, 5) is 36.1. The number of carbonyl (C=O) groups is 3. The van der Waals surface area contributed by atoms with Crippen LogP contribution in [0, 0.1) is 5.82 Å². The Morgan fingerprint density at radius 1 is 1.32 bits per heavy atom. The fourth-order valence-corrected chi connectivity index (χ4v) is 2.18. The quantitative estimate of drug-likeness (QED) is 0.789. The first-order chi connectivity index (χ1) is 10.3. The summed E-state index contributed by atoms with van der Waals surface area (Å²) in [6.45, 7) is 3.74. The Bertz CT molecular complexity index is 583. The van der Waals surface area contributed by atoms with Crippen molar-refractivity contribution in [1.29, 1.82) is 0 Å². The molecular formula is C15H18FN3O3. The minimum Gasteiger partial charge on any atom is -0.354 e. The maximum Gasteiger partial charge on any atom is 0.324 e. The van der Waals surface area contributed by atoms with Gasteiger partial charge >= 0.3 is 6.03 Å². The highest BCUT2D eigenvalue weighted by molar-refractivity contribution is 6.02. The number of hydrogen-bond acceptors (Lipinski definition) is 3. The smallest absolute Gasteiger partial charge is 0.324 e. The molecule has 0 bridgehead atoms. The molecule has 22 heavy (non-hydrogen) atoms. The van der Waals surface area contributed by atoms with Crippen LogP contribution in [0.2, 0.25) is 0 Å². The van der Waals surface area contributed by atoms with Gasteiger partial charge in [-0.1, -0.05) is 12.1 Å². The standard InChI is InChI=1S/C15H18FN3O3/c1-15(2,10-3-5-11(16)6-4-10)13(21)17-7-8-19-12(20)9-18-14(19)22/h3-6H,7-9H2,1-2H3,(H,17,21)(H,18,22). The summed E-state index contributed by atoms with van der Waals surface area (Å²) < 4.78 is 12.9. The topological polar surface area (TPSA) is 78.5 Å². The van der Waals surface area contributed by atoms with E-state index >= 15 is 0 Å². The zero-order valence-corrected chi connectivity index (χ0v) is 12.5. The van der Waals surface area contributed by atoms with Crippen molar-refractivity contribution in [3.63, 3.8) is 0 Å². The lowest BCUT2D eigenvalue weighted by Gasteiger charge is -2.24. The van der Waals surface area contributed by atoms with Gasteiger partial charge in [0, 0.05) is 13.1 Å². The molecule has 2 N–H and O–H groups in total. The highest BCUT2D eigenvalue weighted by Gasteiger charge is 2.31. The van der Waals surface area contributed by atoms with Crippen molar-refractivity contribution in [3.8, 4) is 0 Å².